The van der Waals surface area contributed by atoms with E-state index in [1.807, 2.05) is 18.2 Å². The van der Waals surface area contributed by atoms with Crippen LogP contribution in [0.3, 0.4) is 0 Å². The fraction of sp³-hybridized carbons (Fsp3) is 0.364. The van der Waals surface area contributed by atoms with Crippen molar-refractivity contribution in [2.45, 2.75) is 38.7 Å². The highest BCUT2D eigenvalue weighted by atomic mass is 16.5. The third-order valence-electron chi connectivity index (χ3n) is 4.86. The normalized spacial score (nSPS) is 13.6. The van der Waals surface area contributed by atoms with Crippen LogP contribution < -0.4 is 9.47 Å². The van der Waals surface area contributed by atoms with Crippen LogP contribution in [0.4, 0.5) is 0 Å². The van der Waals surface area contributed by atoms with Gasteiger partial charge in [-0.25, -0.2) is 0 Å². The number of esters is 1. The summed E-state index contributed by atoms with van der Waals surface area (Å²) in [6, 6.07) is 11.0. The monoisotopic (exact) mass is 368 g/mol. The van der Waals surface area contributed by atoms with Crippen LogP contribution in [0.5, 0.6) is 11.5 Å². The minimum atomic E-state index is -0.822. The number of rotatable bonds is 7. The Hall–Kier alpha value is -2.82. The first-order chi connectivity index (χ1) is 13.0. The number of fused-ring (bicyclic) bond motifs is 1. The Morgan fingerprint density at radius 1 is 0.963 bits per heavy atom. The molecule has 3 rings (SSSR count). The summed E-state index contributed by atoms with van der Waals surface area (Å²) in [5, 5.41) is 0. The maximum Gasteiger partial charge on any atom is 0.310 e. The molecule has 0 heterocycles. The molecule has 0 radical (unpaired) electrons. The number of hydrogen-bond acceptors (Lipinski definition) is 5. The molecule has 1 aliphatic carbocycles. The lowest BCUT2D eigenvalue weighted by Crippen LogP contribution is -2.25. The quantitative estimate of drug-likeness (QED) is 0.552. The summed E-state index contributed by atoms with van der Waals surface area (Å²) in [6.07, 6.45) is 2.44. The zero-order valence-electron chi connectivity index (χ0n) is 15.9. The van der Waals surface area contributed by atoms with Gasteiger partial charge in [0, 0.05) is 5.56 Å². The number of benzene rings is 2. The lowest BCUT2D eigenvalue weighted by atomic mass is 10.0. The van der Waals surface area contributed by atoms with Crippen LogP contribution in [0, 0.1) is 0 Å². The number of Topliss-reactive ketones (excluding diaryl/α,β-unsaturated/α-hetero) is 1. The second-order valence-corrected chi connectivity index (χ2v) is 6.70. The Bertz CT molecular complexity index is 856. The van der Waals surface area contributed by atoms with Crippen LogP contribution in [-0.4, -0.2) is 32.1 Å². The molecule has 0 amide bonds. The van der Waals surface area contributed by atoms with Gasteiger partial charge in [0.05, 0.1) is 20.6 Å². The van der Waals surface area contributed by atoms with Gasteiger partial charge in [0.25, 0.3) is 0 Å². The largest absolute Gasteiger partial charge is 0.493 e. The molecule has 0 unspecified atom stereocenters. The molecule has 2 aromatic carbocycles. The second-order valence-electron chi connectivity index (χ2n) is 6.70. The summed E-state index contributed by atoms with van der Waals surface area (Å²) in [7, 11) is 3.09. The highest BCUT2D eigenvalue weighted by molar-refractivity contribution is 6.00. The molecule has 5 nitrogen and oxygen atoms in total. The van der Waals surface area contributed by atoms with E-state index < -0.39 is 12.1 Å². The van der Waals surface area contributed by atoms with Gasteiger partial charge in [-0.05, 0) is 61.1 Å². The molecule has 2 aromatic rings. The van der Waals surface area contributed by atoms with E-state index >= 15 is 0 Å². The van der Waals surface area contributed by atoms with Crippen LogP contribution in [0.15, 0.2) is 36.4 Å². The van der Waals surface area contributed by atoms with E-state index in [1.165, 1.54) is 18.2 Å². The Labute approximate surface area is 159 Å². The van der Waals surface area contributed by atoms with E-state index in [0.29, 0.717) is 17.1 Å². The summed E-state index contributed by atoms with van der Waals surface area (Å²) >= 11 is 0. The van der Waals surface area contributed by atoms with Gasteiger partial charge in [0.15, 0.2) is 17.6 Å². The molecule has 0 saturated heterocycles. The van der Waals surface area contributed by atoms with Crippen molar-refractivity contribution in [3.05, 3.63) is 58.7 Å². The van der Waals surface area contributed by atoms with Crippen molar-refractivity contribution in [3.8, 4) is 11.5 Å². The summed E-state index contributed by atoms with van der Waals surface area (Å²) in [5.74, 6) is 0.509. The zero-order valence-corrected chi connectivity index (χ0v) is 15.9. The first-order valence-electron chi connectivity index (χ1n) is 9.08. The standard InChI is InChI=1S/C22H24O5/c1-14(22(24)18-9-8-16-5-4-6-17(16)13-18)27-21(23)12-15-7-10-19(25-2)20(11-15)26-3/h7-11,13-14H,4-6,12H2,1-3H3/t14-/m0/s1. The van der Waals surface area contributed by atoms with Gasteiger partial charge in [-0.15, -0.1) is 0 Å². The molecule has 0 aliphatic heterocycles. The predicted molar refractivity (Wildman–Crippen MR) is 102 cm³/mol. The SMILES string of the molecule is COc1ccc(CC(=O)O[C@@H](C)C(=O)c2ccc3c(c2)CCC3)cc1OC. The van der Waals surface area contributed by atoms with E-state index in [4.69, 9.17) is 14.2 Å². The number of carbonyl (C=O) groups excluding carboxylic acids is 2. The molecule has 5 heteroatoms. The van der Waals surface area contributed by atoms with E-state index in [2.05, 4.69) is 0 Å². The number of carbonyl (C=O) groups is 2. The van der Waals surface area contributed by atoms with Crippen molar-refractivity contribution in [2.75, 3.05) is 14.2 Å². The minimum Gasteiger partial charge on any atom is -0.493 e. The fourth-order valence-electron chi connectivity index (χ4n) is 3.41. The first kappa shape index (κ1) is 19.0. The Morgan fingerprint density at radius 3 is 2.44 bits per heavy atom. The maximum absolute atomic E-state index is 12.6. The van der Waals surface area contributed by atoms with E-state index in [9.17, 15) is 9.59 Å². The summed E-state index contributed by atoms with van der Waals surface area (Å²) in [6.45, 7) is 1.61. The number of aryl methyl sites for hydroxylation is 2. The van der Waals surface area contributed by atoms with E-state index in [-0.39, 0.29) is 12.2 Å². The maximum atomic E-state index is 12.6. The first-order valence-corrected chi connectivity index (χ1v) is 9.08. The third kappa shape index (κ3) is 4.30. The van der Waals surface area contributed by atoms with Gasteiger partial charge in [-0.2, -0.15) is 0 Å². The van der Waals surface area contributed by atoms with Gasteiger partial charge >= 0.3 is 5.97 Å². The number of methoxy groups -OCH3 is 2. The van der Waals surface area contributed by atoms with Gasteiger partial charge in [-0.3, -0.25) is 9.59 Å². The summed E-state index contributed by atoms with van der Waals surface area (Å²) < 4.78 is 15.8. The lowest BCUT2D eigenvalue weighted by Gasteiger charge is -2.14. The van der Waals surface area contributed by atoms with Gasteiger partial charge in [0.1, 0.15) is 0 Å². The van der Waals surface area contributed by atoms with Crippen LogP contribution in [0.1, 0.15) is 40.4 Å². The van der Waals surface area contributed by atoms with Crippen molar-refractivity contribution >= 4 is 11.8 Å². The van der Waals surface area contributed by atoms with Crippen molar-refractivity contribution in [3.63, 3.8) is 0 Å². The van der Waals surface area contributed by atoms with Crippen LogP contribution in [0.2, 0.25) is 0 Å². The molecule has 142 valence electrons. The van der Waals surface area contributed by atoms with Crippen molar-refractivity contribution in [1.29, 1.82) is 0 Å². The van der Waals surface area contributed by atoms with E-state index in [0.717, 1.165) is 24.8 Å². The Morgan fingerprint density at radius 2 is 1.70 bits per heavy atom. The molecular formula is C22H24O5. The van der Waals surface area contributed by atoms with Gasteiger partial charge < -0.3 is 14.2 Å². The summed E-state index contributed by atoms with van der Waals surface area (Å²) in [5.41, 5.74) is 3.87. The van der Waals surface area contributed by atoms with Crippen molar-refractivity contribution in [1.82, 2.24) is 0 Å². The molecule has 1 aliphatic rings. The topological polar surface area (TPSA) is 61.8 Å². The zero-order chi connectivity index (χ0) is 19.4. The average molecular weight is 368 g/mol. The Kier molecular flexibility index (Phi) is 5.79. The average Bonchev–Trinajstić information content (AvgIpc) is 3.14. The summed E-state index contributed by atoms with van der Waals surface area (Å²) in [4.78, 5) is 24.9. The fourth-order valence-corrected chi connectivity index (χ4v) is 3.41. The second kappa shape index (κ2) is 8.25. The number of ether oxygens (including phenoxy) is 3. The number of ketones is 1. The molecule has 0 fully saturated rings. The van der Waals surface area contributed by atoms with Crippen LogP contribution in [0.25, 0.3) is 0 Å². The molecule has 0 aromatic heterocycles. The van der Waals surface area contributed by atoms with E-state index in [1.54, 1.807) is 32.2 Å². The smallest absolute Gasteiger partial charge is 0.310 e. The predicted octanol–water partition coefficient (Wildman–Crippen LogP) is 3.55. The highest BCUT2D eigenvalue weighted by Crippen LogP contribution is 2.28. The minimum absolute atomic E-state index is 0.0577. The number of hydrogen-bond donors (Lipinski definition) is 0. The van der Waals surface area contributed by atoms with Crippen LogP contribution in [-0.2, 0) is 28.8 Å². The molecule has 0 bridgehead atoms. The molecule has 0 saturated carbocycles. The van der Waals surface area contributed by atoms with Gasteiger partial charge in [0.2, 0.25) is 5.78 Å². The van der Waals surface area contributed by atoms with Crippen molar-refractivity contribution < 1.29 is 23.8 Å². The van der Waals surface area contributed by atoms with Crippen molar-refractivity contribution in [2.24, 2.45) is 0 Å². The third-order valence-corrected chi connectivity index (χ3v) is 4.86. The lowest BCUT2D eigenvalue weighted by molar-refractivity contribution is -0.145. The molecular weight excluding hydrogens is 344 g/mol. The van der Waals surface area contributed by atoms with Crippen LogP contribution >= 0.6 is 0 Å². The molecule has 1 atom stereocenters. The molecule has 0 N–H and O–H groups in total. The van der Waals surface area contributed by atoms with Gasteiger partial charge in [-0.1, -0.05) is 18.2 Å². The Balaban J connectivity index is 1.62. The molecule has 27 heavy (non-hydrogen) atoms. The molecule has 0 spiro atoms. The highest BCUT2D eigenvalue weighted by Gasteiger charge is 2.22.